The standard InChI is InChI=1S/C15H14F3N3O4S/c1-21(25-2)26(23,24)10-5-3-9(4-6-10)15(22)20-19-12-8-7-11(16)13(17)14(12)18/h3-8,19H,1-2H3,(H,20,22). The van der Waals surface area contributed by atoms with Crippen LogP contribution in [-0.2, 0) is 14.9 Å². The minimum absolute atomic E-state index is 0.0412. The van der Waals surface area contributed by atoms with Gasteiger partial charge < -0.3 is 0 Å². The van der Waals surface area contributed by atoms with Crippen molar-refractivity contribution in [3.05, 3.63) is 59.4 Å². The van der Waals surface area contributed by atoms with Gasteiger partial charge in [0.15, 0.2) is 17.5 Å². The van der Waals surface area contributed by atoms with Crippen molar-refractivity contribution in [1.82, 2.24) is 9.89 Å². The first-order valence-electron chi connectivity index (χ1n) is 7.01. The topological polar surface area (TPSA) is 87.7 Å². The predicted molar refractivity (Wildman–Crippen MR) is 85.8 cm³/mol. The number of rotatable bonds is 6. The van der Waals surface area contributed by atoms with Crippen LogP contribution in [-0.4, -0.2) is 33.0 Å². The molecule has 0 saturated heterocycles. The molecule has 0 saturated carbocycles. The maximum absolute atomic E-state index is 13.5. The number of nitrogens with zero attached hydrogens (tertiary/aromatic N) is 1. The number of carbonyl (C=O) groups excluding carboxylic acids is 1. The van der Waals surface area contributed by atoms with Crippen LogP contribution in [0.1, 0.15) is 10.4 Å². The maximum Gasteiger partial charge on any atom is 0.269 e. The molecule has 0 fully saturated rings. The highest BCUT2D eigenvalue weighted by Crippen LogP contribution is 2.19. The Bertz CT molecular complexity index is 920. The van der Waals surface area contributed by atoms with E-state index in [1.807, 2.05) is 0 Å². The lowest BCUT2D eigenvalue weighted by atomic mass is 10.2. The molecule has 7 nitrogen and oxygen atoms in total. The van der Waals surface area contributed by atoms with E-state index in [4.69, 9.17) is 0 Å². The van der Waals surface area contributed by atoms with Crippen molar-refractivity contribution >= 4 is 21.6 Å². The van der Waals surface area contributed by atoms with Crippen LogP contribution in [0.4, 0.5) is 18.9 Å². The summed E-state index contributed by atoms with van der Waals surface area (Å²) in [5.74, 6) is -5.29. The quantitative estimate of drug-likeness (QED) is 0.583. The fourth-order valence-electron chi connectivity index (χ4n) is 1.84. The Morgan fingerprint density at radius 3 is 2.23 bits per heavy atom. The molecule has 0 bridgehead atoms. The molecule has 140 valence electrons. The summed E-state index contributed by atoms with van der Waals surface area (Å²) in [6.07, 6.45) is 0. The highest BCUT2D eigenvalue weighted by molar-refractivity contribution is 7.89. The molecule has 0 aliphatic heterocycles. The Hall–Kier alpha value is -2.63. The lowest BCUT2D eigenvalue weighted by Gasteiger charge is -2.14. The number of hydrazine groups is 1. The maximum atomic E-state index is 13.5. The van der Waals surface area contributed by atoms with Gasteiger partial charge in [-0.25, -0.2) is 21.6 Å². The number of sulfonamides is 1. The summed E-state index contributed by atoms with van der Waals surface area (Å²) < 4.78 is 64.2. The zero-order valence-electron chi connectivity index (χ0n) is 13.6. The van der Waals surface area contributed by atoms with Crippen LogP contribution in [0.3, 0.4) is 0 Å². The van der Waals surface area contributed by atoms with Gasteiger partial charge in [-0.05, 0) is 36.4 Å². The number of carbonyl (C=O) groups is 1. The molecule has 0 spiro atoms. The summed E-state index contributed by atoms with van der Waals surface area (Å²) in [4.78, 5) is 16.5. The van der Waals surface area contributed by atoms with Crippen molar-refractivity contribution in [2.75, 3.05) is 19.6 Å². The molecule has 0 unspecified atom stereocenters. The second kappa shape index (κ2) is 7.72. The summed E-state index contributed by atoms with van der Waals surface area (Å²) in [5, 5.41) is 0. The van der Waals surface area contributed by atoms with Gasteiger partial charge in [-0.3, -0.25) is 20.5 Å². The van der Waals surface area contributed by atoms with Gasteiger partial charge in [0.2, 0.25) is 0 Å². The first-order valence-corrected chi connectivity index (χ1v) is 8.45. The molecular weight excluding hydrogens is 375 g/mol. The SMILES string of the molecule is CON(C)S(=O)(=O)c1ccc(C(=O)NNc2ccc(F)c(F)c2F)cc1. The van der Waals surface area contributed by atoms with E-state index < -0.39 is 39.1 Å². The molecule has 2 aromatic rings. The number of hydrogen-bond acceptors (Lipinski definition) is 5. The van der Waals surface area contributed by atoms with Crippen LogP contribution in [0.25, 0.3) is 0 Å². The molecule has 0 radical (unpaired) electrons. The molecule has 2 rings (SSSR count). The number of benzene rings is 2. The second-order valence-electron chi connectivity index (χ2n) is 4.92. The lowest BCUT2D eigenvalue weighted by molar-refractivity contribution is -0.0258. The number of halogens is 3. The highest BCUT2D eigenvalue weighted by atomic mass is 32.2. The van der Waals surface area contributed by atoms with Gasteiger partial charge in [-0.15, -0.1) is 0 Å². The van der Waals surface area contributed by atoms with E-state index in [0.29, 0.717) is 10.5 Å². The second-order valence-corrected chi connectivity index (χ2v) is 6.86. The number of hydrogen-bond donors (Lipinski definition) is 2. The van der Waals surface area contributed by atoms with Crippen molar-refractivity contribution in [3.8, 4) is 0 Å². The normalized spacial score (nSPS) is 11.5. The number of hydroxylamine groups is 1. The first kappa shape index (κ1) is 19.7. The Morgan fingerprint density at radius 2 is 1.65 bits per heavy atom. The van der Waals surface area contributed by atoms with Crippen molar-refractivity contribution in [2.45, 2.75) is 4.90 Å². The molecule has 26 heavy (non-hydrogen) atoms. The summed E-state index contributed by atoms with van der Waals surface area (Å²) >= 11 is 0. The molecule has 0 aliphatic carbocycles. The van der Waals surface area contributed by atoms with Gasteiger partial charge in [0.05, 0.1) is 17.7 Å². The highest BCUT2D eigenvalue weighted by Gasteiger charge is 2.21. The fourth-order valence-corrected chi connectivity index (χ4v) is 2.82. The van der Waals surface area contributed by atoms with Crippen LogP contribution >= 0.6 is 0 Å². The molecule has 0 heterocycles. The van der Waals surface area contributed by atoms with Crippen LogP contribution in [0.2, 0.25) is 0 Å². The van der Waals surface area contributed by atoms with Crippen LogP contribution in [0, 0.1) is 17.5 Å². The average Bonchev–Trinajstić information content (AvgIpc) is 2.64. The molecule has 0 aromatic heterocycles. The third-order valence-corrected chi connectivity index (χ3v) is 5.05. The summed E-state index contributed by atoms with van der Waals surface area (Å²) in [6.45, 7) is 0. The Balaban J connectivity index is 2.11. The van der Waals surface area contributed by atoms with E-state index in [9.17, 15) is 26.4 Å². The lowest BCUT2D eigenvalue weighted by Crippen LogP contribution is -2.30. The van der Waals surface area contributed by atoms with Gasteiger partial charge in [0.1, 0.15) is 0 Å². The smallest absolute Gasteiger partial charge is 0.269 e. The van der Waals surface area contributed by atoms with Crippen LogP contribution in [0.15, 0.2) is 41.3 Å². The Labute approximate surface area is 147 Å². The Kier molecular flexibility index (Phi) is 5.85. The number of anilines is 1. The van der Waals surface area contributed by atoms with Crippen LogP contribution < -0.4 is 10.9 Å². The third-order valence-electron chi connectivity index (χ3n) is 3.36. The van der Waals surface area contributed by atoms with E-state index in [2.05, 4.69) is 15.7 Å². The molecule has 2 aromatic carbocycles. The van der Waals surface area contributed by atoms with E-state index >= 15 is 0 Å². The van der Waals surface area contributed by atoms with Crippen molar-refractivity contribution in [2.24, 2.45) is 0 Å². The van der Waals surface area contributed by atoms with Gasteiger partial charge >= 0.3 is 0 Å². The molecule has 0 aliphatic rings. The van der Waals surface area contributed by atoms with Crippen molar-refractivity contribution in [1.29, 1.82) is 0 Å². The fraction of sp³-hybridized carbons (Fsp3) is 0.133. The van der Waals surface area contributed by atoms with Crippen molar-refractivity contribution < 1.29 is 31.2 Å². The molecular formula is C15H14F3N3O4S. The molecule has 0 atom stereocenters. The minimum atomic E-state index is -3.86. The summed E-state index contributed by atoms with van der Waals surface area (Å²) in [6, 6.07) is 6.39. The van der Waals surface area contributed by atoms with Crippen LogP contribution in [0.5, 0.6) is 0 Å². The summed E-state index contributed by atoms with van der Waals surface area (Å²) in [5.41, 5.74) is 3.78. The predicted octanol–water partition coefficient (Wildman–Crippen LogP) is 2.04. The first-order chi connectivity index (χ1) is 12.2. The molecule has 1 amide bonds. The number of nitrogens with one attached hydrogen (secondary N) is 2. The van der Waals surface area contributed by atoms with Gasteiger partial charge in [0, 0.05) is 12.6 Å². The Morgan fingerprint density at radius 1 is 1.04 bits per heavy atom. The van der Waals surface area contributed by atoms with Crippen molar-refractivity contribution in [3.63, 3.8) is 0 Å². The third kappa shape index (κ3) is 3.95. The summed E-state index contributed by atoms with van der Waals surface area (Å²) in [7, 11) is -1.48. The van der Waals surface area contributed by atoms with E-state index in [0.717, 1.165) is 6.07 Å². The monoisotopic (exact) mass is 389 g/mol. The van der Waals surface area contributed by atoms with E-state index in [1.54, 1.807) is 0 Å². The molecule has 11 heteroatoms. The molecule has 2 N–H and O–H groups in total. The number of amides is 1. The van der Waals surface area contributed by atoms with E-state index in [1.165, 1.54) is 38.4 Å². The van der Waals surface area contributed by atoms with Gasteiger partial charge in [-0.1, -0.05) is 4.47 Å². The largest absolute Gasteiger partial charge is 0.295 e. The zero-order chi connectivity index (χ0) is 19.5. The van der Waals surface area contributed by atoms with Gasteiger partial charge in [0.25, 0.3) is 15.9 Å². The average molecular weight is 389 g/mol. The zero-order valence-corrected chi connectivity index (χ0v) is 14.4. The van der Waals surface area contributed by atoms with E-state index in [-0.39, 0.29) is 10.5 Å². The minimum Gasteiger partial charge on any atom is -0.295 e. The van der Waals surface area contributed by atoms with Gasteiger partial charge in [-0.2, -0.15) is 0 Å².